The Hall–Kier alpha value is -1.01. The third-order valence-corrected chi connectivity index (χ3v) is 5.71. The van der Waals surface area contributed by atoms with Crippen molar-refractivity contribution < 1.29 is 14.7 Å². The van der Waals surface area contributed by atoms with Crippen LogP contribution in [-0.2, 0) is 4.79 Å². The molecule has 0 aliphatic carbocycles. The first-order valence-corrected chi connectivity index (χ1v) is 7.57. The maximum absolute atomic E-state index is 12.2. The summed E-state index contributed by atoms with van der Waals surface area (Å²) in [6, 6.07) is 0. The van der Waals surface area contributed by atoms with Gasteiger partial charge in [0.2, 0.25) is 5.91 Å². The largest absolute Gasteiger partial charge is 0.477 e. The van der Waals surface area contributed by atoms with Gasteiger partial charge in [0.05, 0.1) is 10.4 Å². The lowest BCUT2D eigenvalue weighted by Gasteiger charge is -2.21. The Morgan fingerprint density at radius 3 is 2.78 bits per heavy atom. The van der Waals surface area contributed by atoms with Crippen LogP contribution >= 0.6 is 23.1 Å². The van der Waals surface area contributed by atoms with Crippen LogP contribution in [0.25, 0.3) is 0 Å². The Morgan fingerprint density at radius 1 is 1.50 bits per heavy atom. The molecule has 2 N–H and O–H groups in total. The molecule has 0 radical (unpaired) electrons. The number of amides is 1. The number of carboxylic acid groups (broad SMARTS) is 1. The predicted octanol–water partition coefficient (Wildman–Crippen LogP) is 2.98. The van der Waals surface area contributed by atoms with Crippen molar-refractivity contribution in [1.29, 1.82) is 0 Å². The number of carbonyl (C=O) groups is 2. The zero-order chi connectivity index (χ0) is 13.3. The molecule has 1 unspecified atom stereocenters. The van der Waals surface area contributed by atoms with Gasteiger partial charge in [-0.2, -0.15) is 0 Å². The minimum atomic E-state index is -0.993. The second-order valence-corrected chi connectivity index (χ2v) is 7.04. The minimum absolute atomic E-state index is 0.0889. The molecule has 98 valence electrons. The van der Waals surface area contributed by atoms with Crippen LogP contribution in [0.2, 0.25) is 0 Å². The number of hydrogen-bond donors (Lipinski definition) is 2. The number of nitrogens with one attached hydrogen (secondary N) is 1. The highest BCUT2D eigenvalue weighted by atomic mass is 32.2. The third kappa shape index (κ3) is 2.40. The fraction of sp³-hybridized carbons (Fsp3) is 0.500. The fourth-order valence-electron chi connectivity index (χ4n) is 1.96. The van der Waals surface area contributed by atoms with E-state index in [1.165, 1.54) is 0 Å². The van der Waals surface area contributed by atoms with Crippen molar-refractivity contribution in [2.75, 3.05) is 11.1 Å². The lowest BCUT2D eigenvalue weighted by Crippen LogP contribution is -2.35. The molecule has 0 aromatic carbocycles. The maximum atomic E-state index is 12.2. The molecule has 6 heteroatoms. The highest BCUT2D eigenvalue weighted by molar-refractivity contribution is 8.01. The highest BCUT2D eigenvalue weighted by Crippen LogP contribution is 2.39. The zero-order valence-electron chi connectivity index (χ0n) is 10.3. The number of rotatable bonds is 3. The summed E-state index contributed by atoms with van der Waals surface area (Å²) >= 11 is 2.79. The molecule has 1 fully saturated rings. The SMILES string of the molecule is Cc1csc(C(=O)O)c1NC(=O)C1(C)CCCS1. The average molecular weight is 285 g/mol. The van der Waals surface area contributed by atoms with E-state index in [9.17, 15) is 9.59 Å². The average Bonchev–Trinajstić information content (AvgIpc) is 2.88. The number of anilines is 1. The summed E-state index contributed by atoms with van der Waals surface area (Å²) in [6.07, 6.45) is 1.87. The van der Waals surface area contributed by atoms with E-state index in [1.807, 2.05) is 13.8 Å². The van der Waals surface area contributed by atoms with E-state index < -0.39 is 10.7 Å². The monoisotopic (exact) mass is 285 g/mol. The van der Waals surface area contributed by atoms with Gasteiger partial charge in [0, 0.05) is 0 Å². The van der Waals surface area contributed by atoms with Crippen LogP contribution < -0.4 is 5.32 Å². The van der Waals surface area contributed by atoms with Gasteiger partial charge >= 0.3 is 5.97 Å². The molecule has 1 saturated heterocycles. The molecule has 2 rings (SSSR count). The quantitative estimate of drug-likeness (QED) is 0.896. The molecule has 4 nitrogen and oxygen atoms in total. The van der Waals surface area contributed by atoms with Gasteiger partial charge in [-0.1, -0.05) is 0 Å². The standard InChI is InChI=1S/C12H15NO3S2/c1-7-6-17-9(10(14)15)8(7)13-11(16)12(2)4-3-5-18-12/h6H,3-5H2,1-2H3,(H,13,16)(H,14,15). The summed E-state index contributed by atoms with van der Waals surface area (Å²) < 4.78 is -0.426. The number of aryl methyl sites for hydroxylation is 1. The molecule has 1 aliphatic heterocycles. The molecule has 1 aliphatic rings. The molecule has 1 amide bonds. The van der Waals surface area contributed by atoms with Crippen LogP contribution in [0.5, 0.6) is 0 Å². The summed E-state index contributed by atoms with van der Waals surface area (Å²) in [5.41, 5.74) is 1.25. The van der Waals surface area contributed by atoms with Crippen LogP contribution in [0.3, 0.4) is 0 Å². The lowest BCUT2D eigenvalue weighted by atomic mass is 10.0. The number of carbonyl (C=O) groups excluding carboxylic acids is 1. The number of thioether (sulfide) groups is 1. The van der Waals surface area contributed by atoms with Crippen LogP contribution in [0.4, 0.5) is 5.69 Å². The van der Waals surface area contributed by atoms with E-state index in [4.69, 9.17) is 5.11 Å². The van der Waals surface area contributed by atoms with Crippen molar-refractivity contribution in [1.82, 2.24) is 0 Å². The highest BCUT2D eigenvalue weighted by Gasteiger charge is 2.37. The summed E-state index contributed by atoms with van der Waals surface area (Å²) in [7, 11) is 0. The topological polar surface area (TPSA) is 66.4 Å². The van der Waals surface area contributed by atoms with Crippen LogP contribution in [-0.4, -0.2) is 27.5 Å². The molecule has 0 saturated carbocycles. The van der Waals surface area contributed by atoms with E-state index in [2.05, 4.69) is 5.32 Å². The second kappa shape index (κ2) is 4.93. The van der Waals surface area contributed by atoms with Crippen molar-refractivity contribution >= 4 is 40.7 Å². The summed E-state index contributed by atoms with van der Waals surface area (Å²) in [5, 5.41) is 13.6. The van der Waals surface area contributed by atoms with Crippen molar-refractivity contribution in [2.45, 2.75) is 31.4 Å². The van der Waals surface area contributed by atoms with Crippen molar-refractivity contribution in [3.63, 3.8) is 0 Å². The van der Waals surface area contributed by atoms with Gasteiger partial charge in [0.25, 0.3) is 0 Å². The third-order valence-electron chi connectivity index (χ3n) is 3.11. The van der Waals surface area contributed by atoms with Gasteiger partial charge in [-0.05, 0) is 43.4 Å². The van der Waals surface area contributed by atoms with E-state index >= 15 is 0 Å². The molecular formula is C12H15NO3S2. The van der Waals surface area contributed by atoms with Crippen LogP contribution in [0.1, 0.15) is 35.0 Å². The van der Waals surface area contributed by atoms with Gasteiger partial charge < -0.3 is 10.4 Å². The molecule has 0 bridgehead atoms. The molecule has 2 heterocycles. The van der Waals surface area contributed by atoms with E-state index in [1.54, 1.807) is 17.1 Å². The normalized spacial score (nSPS) is 23.0. The van der Waals surface area contributed by atoms with Gasteiger partial charge in [-0.3, -0.25) is 4.79 Å². The Labute approximate surface area is 114 Å². The molecule has 0 spiro atoms. The van der Waals surface area contributed by atoms with Crippen LogP contribution in [0.15, 0.2) is 5.38 Å². The van der Waals surface area contributed by atoms with E-state index in [-0.39, 0.29) is 10.8 Å². The second-order valence-electron chi connectivity index (χ2n) is 4.56. The Morgan fingerprint density at radius 2 is 2.22 bits per heavy atom. The summed E-state index contributed by atoms with van der Waals surface area (Å²) in [4.78, 5) is 23.5. The smallest absolute Gasteiger partial charge is 0.348 e. The number of thiophene rings is 1. The first kappa shape index (κ1) is 13.4. The van der Waals surface area contributed by atoms with E-state index in [0.717, 1.165) is 35.5 Å². The van der Waals surface area contributed by atoms with Gasteiger partial charge in [0.15, 0.2) is 0 Å². The Balaban J connectivity index is 2.21. The predicted molar refractivity (Wildman–Crippen MR) is 74.7 cm³/mol. The van der Waals surface area contributed by atoms with Gasteiger partial charge in [0.1, 0.15) is 4.88 Å². The molecule has 1 atom stereocenters. The number of carboxylic acids is 1. The van der Waals surface area contributed by atoms with Gasteiger partial charge in [-0.25, -0.2) is 4.79 Å². The minimum Gasteiger partial charge on any atom is -0.477 e. The molecule has 1 aromatic rings. The number of hydrogen-bond acceptors (Lipinski definition) is 4. The van der Waals surface area contributed by atoms with E-state index in [0.29, 0.717) is 5.69 Å². The summed E-state index contributed by atoms with van der Waals surface area (Å²) in [6.45, 7) is 3.73. The fourth-order valence-corrected chi connectivity index (χ4v) is 4.01. The number of aromatic carboxylic acids is 1. The zero-order valence-corrected chi connectivity index (χ0v) is 11.9. The first-order chi connectivity index (χ1) is 8.44. The maximum Gasteiger partial charge on any atom is 0.348 e. The van der Waals surface area contributed by atoms with Gasteiger partial charge in [-0.15, -0.1) is 23.1 Å². The summed E-state index contributed by atoms with van der Waals surface area (Å²) in [5.74, 6) is -0.0974. The van der Waals surface area contributed by atoms with Crippen LogP contribution in [0, 0.1) is 6.92 Å². The molecule has 18 heavy (non-hydrogen) atoms. The Bertz CT molecular complexity index is 490. The Kier molecular flexibility index (Phi) is 3.68. The first-order valence-electron chi connectivity index (χ1n) is 5.71. The van der Waals surface area contributed by atoms with Crippen molar-refractivity contribution in [2.24, 2.45) is 0 Å². The molecular weight excluding hydrogens is 270 g/mol. The van der Waals surface area contributed by atoms with Crippen molar-refractivity contribution in [3.8, 4) is 0 Å². The van der Waals surface area contributed by atoms with Crippen molar-refractivity contribution in [3.05, 3.63) is 15.8 Å². The molecule has 1 aromatic heterocycles. The lowest BCUT2D eigenvalue weighted by molar-refractivity contribution is -0.118.